The van der Waals surface area contributed by atoms with E-state index in [1.807, 2.05) is 36.4 Å². The summed E-state index contributed by atoms with van der Waals surface area (Å²) in [6, 6.07) is 16.5. The van der Waals surface area contributed by atoms with Gasteiger partial charge in [-0.15, -0.1) is 0 Å². The highest BCUT2D eigenvalue weighted by Gasteiger charge is 2.10. The molecule has 0 radical (unpaired) electrons. The summed E-state index contributed by atoms with van der Waals surface area (Å²) in [6.07, 6.45) is 0.224. The van der Waals surface area contributed by atoms with Gasteiger partial charge in [0, 0.05) is 26.7 Å². The van der Waals surface area contributed by atoms with Crippen LogP contribution in [0.25, 0.3) is 10.9 Å². The smallest absolute Gasteiger partial charge is 0.168 e. The van der Waals surface area contributed by atoms with Crippen LogP contribution in [0.3, 0.4) is 0 Å². The van der Waals surface area contributed by atoms with Gasteiger partial charge in [-0.25, -0.2) is 0 Å². The number of halogens is 2. The Morgan fingerprint density at radius 3 is 2.43 bits per heavy atom. The molecular formula is C17H11Cl2NO. The van der Waals surface area contributed by atoms with Crippen LogP contribution in [0.2, 0.25) is 10.0 Å². The Balaban J connectivity index is 1.88. The van der Waals surface area contributed by atoms with Crippen molar-refractivity contribution in [3.63, 3.8) is 0 Å². The van der Waals surface area contributed by atoms with Crippen molar-refractivity contribution in [1.82, 2.24) is 4.98 Å². The van der Waals surface area contributed by atoms with Crippen LogP contribution in [0.1, 0.15) is 16.1 Å². The number of benzene rings is 2. The van der Waals surface area contributed by atoms with Crippen molar-refractivity contribution in [2.75, 3.05) is 0 Å². The van der Waals surface area contributed by atoms with Gasteiger partial charge in [-0.05, 0) is 30.3 Å². The minimum atomic E-state index is -0.0535. The number of carbonyl (C=O) groups is 1. The monoisotopic (exact) mass is 315 g/mol. The number of hydrogen-bond acceptors (Lipinski definition) is 2. The van der Waals surface area contributed by atoms with Gasteiger partial charge < -0.3 is 0 Å². The Labute approximate surface area is 132 Å². The van der Waals surface area contributed by atoms with Crippen molar-refractivity contribution in [2.45, 2.75) is 6.42 Å². The van der Waals surface area contributed by atoms with E-state index in [0.29, 0.717) is 15.6 Å². The van der Waals surface area contributed by atoms with Crippen LogP contribution in [0.4, 0.5) is 0 Å². The highest BCUT2D eigenvalue weighted by molar-refractivity contribution is 6.35. The van der Waals surface area contributed by atoms with Crippen molar-refractivity contribution < 1.29 is 4.79 Å². The molecule has 1 aromatic heterocycles. The third-order valence-corrected chi connectivity index (χ3v) is 3.62. The number of carbonyl (C=O) groups excluding carboxylic acids is 1. The molecule has 3 rings (SSSR count). The number of ketones is 1. The number of aromatic nitrogens is 1. The summed E-state index contributed by atoms with van der Waals surface area (Å²) in [6.45, 7) is 0. The van der Waals surface area contributed by atoms with E-state index in [9.17, 15) is 4.79 Å². The van der Waals surface area contributed by atoms with Gasteiger partial charge in [0.15, 0.2) is 5.78 Å². The SMILES string of the molecule is O=C(Cc1ccc2ccccc2n1)c1cc(Cl)cc(Cl)c1. The van der Waals surface area contributed by atoms with Crippen molar-refractivity contribution in [1.29, 1.82) is 0 Å². The molecule has 0 spiro atoms. The number of fused-ring (bicyclic) bond motifs is 1. The summed E-state index contributed by atoms with van der Waals surface area (Å²) in [4.78, 5) is 16.8. The molecule has 104 valence electrons. The summed E-state index contributed by atoms with van der Waals surface area (Å²) in [5, 5.41) is 1.97. The molecule has 0 saturated heterocycles. The van der Waals surface area contributed by atoms with Gasteiger partial charge in [0.25, 0.3) is 0 Å². The Bertz CT molecular complexity index is 810. The average molecular weight is 316 g/mol. The second-order valence-electron chi connectivity index (χ2n) is 4.75. The molecular weight excluding hydrogens is 305 g/mol. The number of pyridine rings is 1. The zero-order valence-electron chi connectivity index (χ0n) is 11.0. The molecule has 2 nitrogen and oxygen atoms in total. The lowest BCUT2D eigenvalue weighted by atomic mass is 10.1. The van der Waals surface area contributed by atoms with Gasteiger partial charge in [-0.2, -0.15) is 0 Å². The molecule has 0 atom stereocenters. The lowest BCUT2D eigenvalue weighted by Crippen LogP contribution is -2.05. The minimum absolute atomic E-state index is 0.0535. The zero-order chi connectivity index (χ0) is 14.8. The largest absolute Gasteiger partial charge is 0.294 e. The van der Waals surface area contributed by atoms with Crippen LogP contribution in [-0.4, -0.2) is 10.8 Å². The lowest BCUT2D eigenvalue weighted by molar-refractivity contribution is 0.0992. The van der Waals surface area contributed by atoms with E-state index in [0.717, 1.165) is 16.6 Å². The van der Waals surface area contributed by atoms with E-state index in [4.69, 9.17) is 23.2 Å². The maximum Gasteiger partial charge on any atom is 0.168 e. The number of Topliss-reactive ketones (excluding diaryl/α,β-unsaturated/α-hetero) is 1. The first-order valence-electron chi connectivity index (χ1n) is 6.46. The predicted octanol–water partition coefficient (Wildman–Crippen LogP) is 4.97. The number of rotatable bonds is 3. The molecule has 0 unspecified atom stereocenters. The van der Waals surface area contributed by atoms with Crippen LogP contribution in [0, 0.1) is 0 Å². The average Bonchev–Trinajstić information content (AvgIpc) is 2.46. The highest BCUT2D eigenvalue weighted by Crippen LogP contribution is 2.20. The molecule has 0 N–H and O–H groups in total. The molecule has 2 aromatic carbocycles. The summed E-state index contributed by atoms with van der Waals surface area (Å²) >= 11 is 11.8. The summed E-state index contributed by atoms with van der Waals surface area (Å²) in [7, 11) is 0. The molecule has 0 aliphatic rings. The van der Waals surface area contributed by atoms with E-state index in [1.165, 1.54) is 0 Å². The molecule has 1 heterocycles. The number of nitrogens with zero attached hydrogens (tertiary/aromatic N) is 1. The topological polar surface area (TPSA) is 30.0 Å². The van der Waals surface area contributed by atoms with E-state index < -0.39 is 0 Å². The van der Waals surface area contributed by atoms with Crippen LogP contribution in [0.5, 0.6) is 0 Å². The quantitative estimate of drug-likeness (QED) is 0.639. The van der Waals surface area contributed by atoms with Crippen LogP contribution in [-0.2, 0) is 6.42 Å². The van der Waals surface area contributed by atoms with Gasteiger partial charge in [0.2, 0.25) is 0 Å². The molecule has 0 bridgehead atoms. The van der Waals surface area contributed by atoms with E-state index in [2.05, 4.69) is 4.98 Å². The first-order valence-corrected chi connectivity index (χ1v) is 7.21. The molecule has 0 aliphatic carbocycles. The van der Waals surface area contributed by atoms with E-state index in [-0.39, 0.29) is 12.2 Å². The van der Waals surface area contributed by atoms with Gasteiger partial charge >= 0.3 is 0 Å². The van der Waals surface area contributed by atoms with Crippen molar-refractivity contribution in [3.05, 3.63) is 75.9 Å². The van der Waals surface area contributed by atoms with E-state index in [1.54, 1.807) is 18.2 Å². The molecule has 0 aliphatic heterocycles. The first-order chi connectivity index (χ1) is 10.1. The lowest BCUT2D eigenvalue weighted by Gasteiger charge is -2.04. The normalized spacial score (nSPS) is 10.8. The van der Waals surface area contributed by atoms with Gasteiger partial charge in [-0.3, -0.25) is 9.78 Å². The third-order valence-electron chi connectivity index (χ3n) is 3.18. The Morgan fingerprint density at radius 1 is 0.952 bits per heavy atom. The van der Waals surface area contributed by atoms with Crippen molar-refractivity contribution >= 4 is 39.9 Å². The maximum absolute atomic E-state index is 12.3. The first kappa shape index (κ1) is 14.1. The van der Waals surface area contributed by atoms with Crippen LogP contribution >= 0.6 is 23.2 Å². The molecule has 4 heteroatoms. The fourth-order valence-electron chi connectivity index (χ4n) is 2.19. The fourth-order valence-corrected chi connectivity index (χ4v) is 2.71. The second-order valence-corrected chi connectivity index (χ2v) is 5.63. The zero-order valence-corrected chi connectivity index (χ0v) is 12.5. The standard InChI is InChI=1S/C17H11Cl2NO/c18-13-7-12(8-14(19)9-13)17(21)10-15-6-5-11-3-1-2-4-16(11)20-15/h1-9H,10H2. The fraction of sp³-hybridized carbons (Fsp3) is 0.0588. The van der Waals surface area contributed by atoms with Crippen molar-refractivity contribution in [2.24, 2.45) is 0 Å². The van der Waals surface area contributed by atoms with Gasteiger partial charge in [-0.1, -0.05) is 47.5 Å². The molecule has 0 amide bonds. The van der Waals surface area contributed by atoms with Gasteiger partial charge in [0.05, 0.1) is 11.9 Å². The molecule has 0 fully saturated rings. The highest BCUT2D eigenvalue weighted by atomic mass is 35.5. The van der Waals surface area contributed by atoms with Crippen LogP contribution in [0.15, 0.2) is 54.6 Å². The molecule has 21 heavy (non-hydrogen) atoms. The second kappa shape index (κ2) is 5.84. The third kappa shape index (κ3) is 3.23. The maximum atomic E-state index is 12.3. The summed E-state index contributed by atoms with van der Waals surface area (Å²) in [5.41, 5.74) is 2.11. The summed E-state index contributed by atoms with van der Waals surface area (Å²) in [5.74, 6) is -0.0535. The number of para-hydroxylation sites is 1. The Kier molecular flexibility index (Phi) is 3.91. The minimum Gasteiger partial charge on any atom is -0.294 e. The van der Waals surface area contributed by atoms with E-state index >= 15 is 0 Å². The van der Waals surface area contributed by atoms with Crippen molar-refractivity contribution in [3.8, 4) is 0 Å². The molecule has 0 saturated carbocycles. The number of hydrogen-bond donors (Lipinski definition) is 0. The predicted molar refractivity (Wildman–Crippen MR) is 86.2 cm³/mol. The summed E-state index contributed by atoms with van der Waals surface area (Å²) < 4.78 is 0. The molecule has 3 aromatic rings. The Morgan fingerprint density at radius 2 is 1.67 bits per heavy atom. The van der Waals surface area contributed by atoms with Crippen LogP contribution < -0.4 is 0 Å². The Hall–Kier alpha value is -1.90. The van der Waals surface area contributed by atoms with Gasteiger partial charge in [0.1, 0.15) is 0 Å².